The minimum absolute atomic E-state index is 0.0693. The SMILES string of the molecule is Cc1c(C(C(=O)O)C(C)(C)C)c2c(F)c(O)ccc2n1C(=O)c1cccc(Cl)c1. The molecule has 2 aromatic carbocycles. The zero-order valence-electron chi connectivity index (χ0n) is 16.5. The van der Waals surface area contributed by atoms with Crippen LogP contribution in [0.4, 0.5) is 4.39 Å². The van der Waals surface area contributed by atoms with Gasteiger partial charge in [0, 0.05) is 21.7 Å². The van der Waals surface area contributed by atoms with Crippen LogP contribution in [-0.4, -0.2) is 26.7 Å². The number of aliphatic carboxylic acids is 1. The average Bonchev–Trinajstić information content (AvgIpc) is 2.89. The van der Waals surface area contributed by atoms with Gasteiger partial charge in [0.1, 0.15) is 0 Å². The summed E-state index contributed by atoms with van der Waals surface area (Å²) in [5.74, 6) is -4.27. The molecule has 0 spiro atoms. The molecule has 0 aliphatic rings. The molecule has 1 heterocycles. The maximum atomic E-state index is 15.0. The Balaban J connectivity index is 2.42. The Morgan fingerprint density at radius 2 is 1.83 bits per heavy atom. The molecule has 152 valence electrons. The van der Waals surface area contributed by atoms with E-state index in [9.17, 15) is 19.8 Å². The number of aromatic hydroxyl groups is 1. The summed E-state index contributed by atoms with van der Waals surface area (Å²) in [6, 6.07) is 8.88. The lowest BCUT2D eigenvalue weighted by Gasteiger charge is -2.28. The smallest absolute Gasteiger partial charge is 0.311 e. The number of phenols is 1. The van der Waals surface area contributed by atoms with Crippen molar-refractivity contribution < 1.29 is 24.2 Å². The quantitative estimate of drug-likeness (QED) is 0.602. The van der Waals surface area contributed by atoms with E-state index in [0.29, 0.717) is 10.7 Å². The predicted octanol–water partition coefficient (Wildman–Crippen LogP) is 5.35. The summed E-state index contributed by atoms with van der Waals surface area (Å²) >= 11 is 6.01. The van der Waals surface area contributed by atoms with Crippen molar-refractivity contribution in [2.24, 2.45) is 5.41 Å². The van der Waals surface area contributed by atoms with Gasteiger partial charge in [-0.1, -0.05) is 38.4 Å². The molecule has 3 aromatic rings. The molecule has 5 nitrogen and oxygen atoms in total. The molecule has 1 aromatic heterocycles. The zero-order valence-corrected chi connectivity index (χ0v) is 17.2. The summed E-state index contributed by atoms with van der Waals surface area (Å²) in [5.41, 5.74) is 0.168. The molecule has 0 fully saturated rings. The van der Waals surface area contributed by atoms with Crippen molar-refractivity contribution in [1.82, 2.24) is 4.57 Å². The number of carbonyl (C=O) groups excluding carboxylic acids is 1. The van der Waals surface area contributed by atoms with Crippen LogP contribution >= 0.6 is 11.6 Å². The van der Waals surface area contributed by atoms with Gasteiger partial charge in [-0.25, -0.2) is 4.39 Å². The number of carboxylic acid groups (broad SMARTS) is 1. The highest BCUT2D eigenvalue weighted by Gasteiger charge is 2.38. The van der Waals surface area contributed by atoms with Gasteiger partial charge in [-0.05, 0) is 48.2 Å². The summed E-state index contributed by atoms with van der Waals surface area (Å²) in [5, 5.41) is 20.1. The predicted molar refractivity (Wildman–Crippen MR) is 109 cm³/mol. The monoisotopic (exact) mass is 417 g/mol. The van der Waals surface area contributed by atoms with Gasteiger partial charge in [0.05, 0.1) is 11.4 Å². The molecular formula is C22H21ClFNO4. The van der Waals surface area contributed by atoms with E-state index < -0.39 is 34.8 Å². The zero-order chi connectivity index (χ0) is 21.7. The van der Waals surface area contributed by atoms with Crippen molar-refractivity contribution in [2.45, 2.75) is 33.6 Å². The van der Waals surface area contributed by atoms with Crippen molar-refractivity contribution in [3.63, 3.8) is 0 Å². The molecule has 1 atom stereocenters. The van der Waals surface area contributed by atoms with Crippen molar-refractivity contribution in [2.75, 3.05) is 0 Å². The van der Waals surface area contributed by atoms with E-state index in [-0.39, 0.29) is 22.0 Å². The Morgan fingerprint density at radius 3 is 2.38 bits per heavy atom. The molecule has 29 heavy (non-hydrogen) atoms. The van der Waals surface area contributed by atoms with Crippen LogP contribution in [0.15, 0.2) is 36.4 Å². The Bertz CT molecular complexity index is 1140. The van der Waals surface area contributed by atoms with Gasteiger partial charge < -0.3 is 10.2 Å². The minimum atomic E-state index is -1.14. The first-order chi connectivity index (χ1) is 13.4. The second-order valence-corrected chi connectivity index (χ2v) is 8.52. The van der Waals surface area contributed by atoms with Gasteiger partial charge in [-0.2, -0.15) is 0 Å². The number of benzene rings is 2. The van der Waals surface area contributed by atoms with Gasteiger partial charge in [-0.3, -0.25) is 14.2 Å². The van der Waals surface area contributed by atoms with E-state index in [2.05, 4.69) is 0 Å². The molecule has 0 aliphatic heterocycles. The second kappa shape index (κ2) is 7.19. The molecule has 2 N–H and O–H groups in total. The van der Waals surface area contributed by atoms with Gasteiger partial charge in [-0.15, -0.1) is 0 Å². The Morgan fingerprint density at radius 1 is 1.17 bits per heavy atom. The lowest BCUT2D eigenvalue weighted by Crippen LogP contribution is -2.27. The highest BCUT2D eigenvalue weighted by atomic mass is 35.5. The fourth-order valence-corrected chi connectivity index (χ4v) is 3.96. The third-order valence-corrected chi connectivity index (χ3v) is 5.25. The average molecular weight is 418 g/mol. The molecule has 0 radical (unpaired) electrons. The molecule has 0 saturated heterocycles. The number of phenolic OH excluding ortho intramolecular Hbond substituents is 1. The maximum absolute atomic E-state index is 15.0. The summed E-state index contributed by atoms with van der Waals surface area (Å²) in [4.78, 5) is 25.4. The van der Waals surface area contributed by atoms with Crippen LogP contribution in [0, 0.1) is 18.2 Å². The maximum Gasteiger partial charge on any atom is 0.311 e. The Kier molecular flexibility index (Phi) is 5.17. The summed E-state index contributed by atoms with van der Waals surface area (Å²) in [6.07, 6.45) is 0. The number of fused-ring (bicyclic) bond motifs is 1. The molecule has 0 amide bonds. The second-order valence-electron chi connectivity index (χ2n) is 8.08. The van der Waals surface area contributed by atoms with Gasteiger partial charge in [0.25, 0.3) is 5.91 Å². The largest absolute Gasteiger partial charge is 0.505 e. The lowest BCUT2D eigenvalue weighted by atomic mass is 9.75. The highest BCUT2D eigenvalue weighted by Crippen LogP contribution is 2.44. The fraction of sp³-hybridized carbons (Fsp3) is 0.273. The van der Waals surface area contributed by atoms with Crippen LogP contribution in [0.25, 0.3) is 10.9 Å². The van der Waals surface area contributed by atoms with Crippen LogP contribution in [0.1, 0.15) is 48.3 Å². The number of nitrogens with zero attached hydrogens (tertiary/aromatic N) is 1. The van der Waals surface area contributed by atoms with Crippen molar-refractivity contribution in [1.29, 1.82) is 0 Å². The van der Waals surface area contributed by atoms with Crippen molar-refractivity contribution in [3.8, 4) is 5.75 Å². The standard InChI is InChI=1S/C22H21ClFNO4/c1-11-16(18(21(28)29)22(2,3)4)17-14(8-9-15(26)19(17)24)25(11)20(27)12-6-5-7-13(23)10-12/h5-10,18,26H,1-4H3,(H,28,29). The molecule has 0 bridgehead atoms. The number of carboxylic acids is 1. The minimum Gasteiger partial charge on any atom is -0.505 e. The Hall–Kier alpha value is -2.86. The van der Waals surface area contributed by atoms with Crippen LogP contribution in [0.5, 0.6) is 5.75 Å². The van der Waals surface area contributed by atoms with E-state index in [4.69, 9.17) is 11.6 Å². The number of hydrogen-bond donors (Lipinski definition) is 2. The first kappa shape index (κ1) is 20.9. The van der Waals surface area contributed by atoms with Gasteiger partial charge in [0.15, 0.2) is 11.6 Å². The van der Waals surface area contributed by atoms with Crippen LogP contribution in [0.3, 0.4) is 0 Å². The fourth-order valence-electron chi connectivity index (χ4n) is 3.77. The van der Waals surface area contributed by atoms with E-state index >= 15 is 4.39 Å². The Labute approximate surface area is 172 Å². The summed E-state index contributed by atoms with van der Waals surface area (Å²) in [6.45, 7) is 6.77. The first-order valence-electron chi connectivity index (χ1n) is 9.00. The summed E-state index contributed by atoms with van der Waals surface area (Å²) in [7, 11) is 0. The van der Waals surface area contributed by atoms with Gasteiger partial charge in [0.2, 0.25) is 0 Å². The van der Waals surface area contributed by atoms with Crippen molar-refractivity contribution in [3.05, 3.63) is 64.1 Å². The van der Waals surface area contributed by atoms with Crippen LogP contribution in [-0.2, 0) is 4.79 Å². The van der Waals surface area contributed by atoms with Crippen LogP contribution < -0.4 is 0 Å². The number of hydrogen-bond acceptors (Lipinski definition) is 3. The third-order valence-electron chi connectivity index (χ3n) is 5.01. The molecular weight excluding hydrogens is 397 g/mol. The molecule has 0 saturated carbocycles. The van der Waals surface area contributed by atoms with Crippen LogP contribution in [0.2, 0.25) is 5.02 Å². The molecule has 7 heteroatoms. The number of rotatable bonds is 3. The first-order valence-corrected chi connectivity index (χ1v) is 9.38. The lowest BCUT2D eigenvalue weighted by molar-refractivity contribution is -0.141. The topological polar surface area (TPSA) is 79.5 Å². The molecule has 0 aliphatic carbocycles. The molecule has 1 unspecified atom stereocenters. The number of carbonyl (C=O) groups is 2. The normalized spacial score (nSPS) is 12.9. The van der Waals surface area contributed by atoms with E-state index in [1.165, 1.54) is 16.7 Å². The molecule has 3 rings (SSSR count). The number of halogens is 2. The van der Waals surface area contributed by atoms with E-state index in [1.54, 1.807) is 45.9 Å². The van der Waals surface area contributed by atoms with E-state index in [1.807, 2.05) is 0 Å². The highest BCUT2D eigenvalue weighted by molar-refractivity contribution is 6.31. The third kappa shape index (κ3) is 3.49. The van der Waals surface area contributed by atoms with Crippen molar-refractivity contribution >= 4 is 34.4 Å². The summed E-state index contributed by atoms with van der Waals surface area (Å²) < 4.78 is 16.3. The number of aromatic nitrogens is 1. The van der Waals surface area contributed by atoms with E-state index in [0.717, 1.165) is 6.07 Å². The van der Waals surface area contributed by atoms with Gasteiger partial charge >= 0.3 is 5.97 Å².